The Balaban J connectivity index is 2.80. The number of hydrogen-bond donors (Lipinski definition) is 1. The van der Waals surface area contributed by atoms with Crippen LogP contribution in [-0.4, -0.2) is 11.2 Å². The lowest BCUT2D eigenvalue weighted by Crippen LogP contribution is -2.40. The summed E-state index contributed by atoms with van der Waals surface area (Å²) in [7, 11) is 0. The van der Waals surface area contributed by atoms with E-state index in [1.807, 2.05) is 0 Å². The molecule has 3 atom stereocenters. The highest BCUT2D eigenvalue weighted by Gasteiger charge is 2.37. The van der Waals surface area contributed by atoms with Crippen molar-refractivity contribution < 1.29 is 5.11 Å². The fourth-order valence-electron chi connectivity index (χ4n) is 2.39. The van der Waals surface area contributed by atoms with E-state index in [1.54, 1.807) is 0 Å². The average Bonchev–Trinajstić information content (AvgIpc) is 2.01. The molecule has 0 aromatic carbocycles. The molecule has 0 saturated heterocycles. The molecule has 0 aromatic rings. The van der Waals surface area contributed by atoms with Gasteiger partial charge in [-0.3, -0.25) is 0 Å². The van der Waals surface area contributed by atoms with Crippen LogP contribution in [0.25, 0.3) is 0 Å². The van der Waals surface area contributed by atoms with Gasteiger partial charge in [0.25, 0.3) is 0 Å². The molecule has 3 unspecified atom stereocenters. The van der Waals surface area contributed by atoms with Crippen LogP contribution in [0.3, 0.4) is 0 Å². The molecule has 0 aromatic heterocycles. The zero-order chi connectivity index (χ0) is 10.9. The van der Waals surface area contributed by atoms with Crippen LogP contribution in [0.4, 0.5) is 0 Å². The van der Waals surface area contributed by atoms with Gasteiger partial charge >= 0.3 is 0 Å². The first-order chi connectivity index (χ1) is 6.34. The van der Waals surface area contributed by atoms with E-state index in [0.717, 1.165) is 6.42 Å². The summed E-state index contributed by atoms with van der Waals surface area (Å²) < 4.78 is 0. The first-order valence-electron chi connectivity index (χ1n) is 5.68. The second kappa shape index (κ2) is 4.06. The van der Waals surface area contributed by atoms with Crippen molar-refractivity contribution in [1.82, 2.24) is 0 Å². The van der Waals surface area contributed by atoms with Crippen LogP contribution in [0.15, 0.2) is 12.2 Å². The lowest BCUT2D eigenvalue weighted by molar-refractivity contribution is -0.00387. The fourth-order valence-corrected chi connectivity index (χ4v) is 2.39. The molecule has 1 aliphatic rings. The van der Waals surface area contributed by atoms with E-state index < -0.39 is 0 Å². The summed E-state index contributed by atoms with van der Waals surface area (Å²) in [5.74, 6) is 1.28. The van der Waals surface area contributed by atoms with Gasteiger partial charge in [0.05, 0.1) is 6.10 Å². The molecule has 1 nitrogen and oxygen atoms in total. The molecular weight excluding hydrogens is 172 g/mol. The molecule has 0 spiro atoms. The smallest absolute Gasteiger partial charge is 0.0641 e. The Labute approximate surface area is 88.2 Å². The van der Waals surface area contributed by atoms with Gasteiger partial charge in [-0.15, -0.1) is 0 Å². The van der Waals surface area contributed by atoms with Crippen LogP contribution in [0.2, 0.25) is 0 Å². The Morgan fingerprint density at radius 2 is 1.86 bits per heavy atom. The second-order valence-electron chi connectivity index (χ2n) is 5.95. The molecule has 1 heteroatoms. The molecule has 0 radical (unpaired) electrons. The lowest BCUT2D eigenvalue weighted by atomic mass is 9.67. The maximum absolute atomic E-state index is 10.3. The third-order valence-electron chi connectivity index (χ3n) is 3.44. The molecule has 14 heavy (non-hydrogen) atoms. The summed E-state index contributed by atoms with van der Waals surface area (Å²) in [6, 6.07) is 0. The van der Waals surface area contributed by atoms with E-state index in [2.05, 4.69) is 46.8 Å². The topological polar surface area (TPSA) is 20.2 Å². The van der Waals surface area contributed by atoms with Crippen molar-refractivity contribution in [3.63, 3.8) is 0 Å². The number of aliphatic hydroxyl groups is 1. The summed E-state index contributed by atoms with van der Waals surface area (Å²) in [4.78, 5) is 0. The summed E-state index contributed by atoms with van der Waals surface area (Å²) in [6.45, 7) is 11.0. The molecule has 1 N–H and O–H groups in total. The zero-order valence-corrected chi connectivity index (χ0v) is 10.1. The van der Waals surface area contributed by atoms with E-state index in [0.29, 0.717) is 17.8 Å². The quantitative estimate of drug-likeness (QED) is 0.638. The second-order valence-corrected chi connectivity index (χ2v) is 5.95. The standard InChI is InChI=1S/C13H24O/c1-9(2)10-7-6-8-11(12(10)14)13(3,4)5/h6-7,9-12,14H,8H2,1-5H3. The Morgan fingerprint density at radius 1 is 1.29 bits per heavy atom. The number of aliphatic hydroxyl groups excluding tert-OH is 1. The number of rotatable bonds is 1. The molecule has 0 saturated carbocycles. The Morgan fingerprint density at radius 3 is 2.29 bits per heavy atom. The molecule has 1 rings (SSSR count). The predicted molar refractivity (Wildman–Crippen MR) is 61.0 cm³/mol. The van der Waals surface area contributed by atoms with Crippen molar-refractivity contribution in [2.45, 2.75) is 47.1 Å². The van der Waals surface area contributed by atoms with Gasteiger partial charge in [0.2, 0.25) is 0 Å². The van der Waals surface area contributed by atoms with Crippen molar-refractivity contribution in [3.8, 4) is 0 Å². The van der Waals surface area contributed by atoms with Gasteiger partial charge in [-0.25, -0.2) is 0 Å². The summed E-state index contributed by atoms with van der Waals surface area (Å²) in [5, 5.41) is 10.3. The van der Waals surface area contributed by atoms with Crippen molar-refractivity contribution in [2.24, 2.45) is 23.2 Å². The highest BCUT2D eigenvalue weighted by Crippen LogP contribution is 2.39. The monoisotopic (exact) mass is 196 g/mol. The highest BCUT2D eigenvalue weighted by atomic mass is 16.3. The predicted octanol–water partition coefficient (Wildman–Crippen LogP) is 3.24. The van der Waals surface area contributed by atoms with E-state index >= 15 is 0 Å². The van der Waals surface area contributed by atoms with Crippen molar-refractivity contribution in [2.75, 3.05) is 0 Å². The summed E-state index contributed by atoms with van der Waals surface area (Å²) in [6.07, 6.45) is 5.29. The Bertz CT molecular complexity index is 210. The molecular formula is C13H24O. The third-order valence-corrected chi connectivity index (χ3v) is 3.44. The van der Waals surface area contributed by atoms with Gasteiger partial charge in [0.1, 0.15) is 0 Å². The molecule has 0 bridgehead atoms. The SMILES string of the molecule is CC(C)C1C=CCC(C(C)(C)C)C1O. The molecule has 0 aliphatic heterocycles. The molecule has 0 amide bonds. The minimum absolute atomic E-state index is 0.167. The van der Waals surface area contributed by atoms with Crippen LogP contribution >= 0.6 is 0 Å². The minimum Gasteiger partial charge on any atom is -0.392 e. The van der Waals surface area contributed by atoms with Gasteiger partial charge < -0.3 is 5.11 Å². The number of hydrogen-bond acceptors (Lipinski definition) is 1. The van der Waals surface area contributed by atoms with E-state index in [9.17, 15) is 5.11 Å². The maximum Gasteiger partial charge on any atom is 0.0641 e. The van der Waals surface area contributed by atoms with Crippen LogP contribution in [0, 0.1) is 23.2 Å². The molecule has 0 heterocycles. The van der Waals surface area contributed by atoms with Gasteiger partial charge in [-0.2, -0.15) is 0 Å². The average molecular weight is 196 g/mol. The molecule has 82 valence electrons. The van der Waals surface area contributed by atoms with Gasteiger partial charge in [0, 0.05) is 5.92 Å². The third kappa shape index (κ3) is 2.38. The van der Waals surface area contributed by atoms with Crippen LogP contribution in [-0.2, 0) is 0 Å². The van der Waals surface area contributed by atoms with Crippen LogP contribution < -0.4 is 0 Å². The zero-order valence-electron chi connectivity index (χ0n) is 10.1. The van der Waals surface area contributed by atoms with Crippen molar-refractivity contribution in [1.29, 1.82) is 0 Å². The largest absolute Gasteiger partial charge is 0.392 e. The Hall–Kier alpha value is -0.300. The van der Waals surface area contributed by atoms with Gasteiger partial charge in [-0.1, -0.05) is 46.8 Å². The van der Waals surface area contributed by atoms with E-state index in [4.69, 9.17) is 0 Å². The van der Waals surface area contributed by atoms with E-state index in [-0.39, 0.29) is 11.5 Å². The van der Waals surface area contributed by atoms with Crippen LogP contribution in [0.5, 0.6) is 0 Å². The van der Waals surface area contributed by atoms with Gasteiger partial charge in [0.15, 0.2) is 0 Å². The molecule has 1 aliphatic carbocycles. The highest BCUT2D eigenvalue weighted by molar-refractivity contribution is 5.04. The van der Waals surface area contributed by atoms with Gasteiger partial charge in [-0.05, 0) is 23.7 Å². The maximum atomic E-state index is 10.3. The summed E-state index contributed by atoms with van der Waals surface area (Å²) >= 11 is 0. The number of allylic oxidation sites excluding steroid dienone is 1. The normalized spacial score (nSPS) is 33.8. The lowest BCUT2D eigenvalue weighted by Gasteiger charge is -2.40. The minimum atomic E-state index is -0.167. The Kier molecular flexibility index (Phi) is 3.41. The van der Waals surface area contributed by atoms with Crippen molar-refractivity contribution in [3.05, 3.63) is 12.2 Å². The fraction of sp³-hybridized carbons (Fsp3) is 0.846. The van der Waals surface area contributed by atoms with E-state index in [1.165, 1.54) is 0 Å². The molecule has 0 fully saturated rings. The van der Waals surface area contributed by atoms with Crippen molar-refractivity contribution >= 4 is 0 Å². The first kappa shape index (κ1) is 11.8. The summed E-state index contributed by atoms with van der Waals surface area (Å²) in [5.41, 5.74) is 0.206. The first-order valence-corrected chi connectivity index (χ1v) is 5.68. The van der Waals surface area contributed by atoms with Crippen LogP contribution in [0.1, 0.15) is 41.0 Å².